The summed E-state index contributed by atoms with van der Waals surface area (Å²) >= 11 is 0. The first-order valence-electron chi connectivity index (χ1n) is 6.04. The van der Waals surface area contributed by atoms with E-state index in [1.54, 1.807) is 0 Å². The van der Waals surface area contributed by atoms with Crippen molar-refractivity contribution in [2.75, 3.05) is 26.0 Å². The molecule has 1 heterocycles. The predicted molar refractivity (Wildman–Crippen MR) is 68.8 cm³/mol. The van der Waals surface area contributed by atoms with E-state index in [9.17, 15) is 0 Å². The number of rotatable bonds is 7. The molecule has 0 unspecified atom stereocenters. The molecule has 1 aromatic rings. The second-order valence-corrected chi connectivity index (χ2v) is 4.48. The highest BCUT2D eigenvalue weighted by atomic mass is 15.2. The maximum atomic E-state index is 4.22. The molecule has 0 spiro atoms. The van der Waals surface area contributed by atoms with E-state index in [1.165, 1.54) is 19.4 Å². The van der Waals surface area contributed by atoms with Crippen LogP contribution in [0.2, 0.25) is 0 Å². The molecule has 1 N–H and O–H groups in total. The summed E-state index contributed by atoms with van der Waals surface area (Å²) in [4.78, 5) is 6.60. The minimum absolute atomic E-state index is 0.640. The van der Waals surface area contributed by atoms with Crippen LogP contribution in [0.25, 0.3) is 0 Å². The number of anilines is 1. The first kappa shape index (κ1) is 13.0. The van der Waals surface area contributed by atoms with Gasteiger partial charge < -0.3 is 14.8 Å². The molecule has 0 atom stereocenters. The zero-order chi connectivity index (χ0) is 12.0. The Morgan fingerprint density at radius 3 is 2.81 bits per heavy atom. The first-order valence-corrected chi connectivity index (χ1v) is 6.04. The summed E-state index contributed by atoms with van der Waals surface area (Å²) in [5, 5.41) is 3.08. The molecule has 0 aliphatic carbocycles. The predicted octanol–water partition coefficient (Wildman–Crippen LogP) is 2.05. The summed E-state index contributed by atoms with van der Waals surface area (Å²) in [5.41, 5.74) is 0. The van der Waals surface area contributed by atoms with Gasteiger partial charge in [-0.1, -0.05) is 0 Å². The number of unbranched alkanes of at least 4 members (excludes halogenated alkanes) is 1. The molecule has 0 amide bonds. The topological polar surface area (TPSA) is 33.1 Å². The van der Waals surface area contributed by atoms with Crippen LogP contribution >= 0.6 is 0 Å². The molecule has 0 aliphatic rings. The Bertz CT molecular complexity index is 293. The number of aromatic nitrogens is 2. The monoisotopic (exact) mass is 224 g/mol. The van der Waals surface area contributed by atoms with E-state index in [1.807, 2.05) is 19.4 Å². The van der Waals surface area contributed by atoms with Crippen LogP contribution < -0.4 is 5.32 Å². The van der Waals surface area contributed by atoms with Crippen molar-refractivity contribution in [3.05, 3.63) is 12.4 Å². The van der Waals surface area contributed by atoms with Crippen molar-refractivity contribution >= 4 is 5.95 Å². The number of hydrogen-bond acceptors (Lipinski definition) is 3. The summed E-state index contributed by atoms with van der Waals surface area (Å²) in [7, 11) is 4.09. The zero-order valence-corrected chi connectivity index (χ0v) is 10.9. The number of nitrogens with one attached hydrogen (secondary N) is 1. The van der Waals surface area contributed by atoms with Crippen LogP contribution in [0.5, 0.6) is 0 Å². The highest BCUT2D eigenvalue weighted by Crippen LogP contribution is 2.06. The molecule has 0 aromatic carbocycles. The average Bonchev–Trinajstić information content (AvgIpc) is 2.71. The van der Waals surface area contributed by atoms with E-state index in [4.69, 9.17) is 0 Å². The molecule has 0 fully saturated rings. The highest BCUT2D eigenvalue weighted by molar-refractivity contribution is 5.23. The third kappa shape index (κ3) is 3.85. The summed E-state index contributed by atoms with van der Waals surface area (Å²) in [6.07, 6.45) is 6.29. The maximum Gasteiger partial charge on any atom is 0.202 e. The van der Waals surface area contributed by atoms with E-state index < -0.39 is 0 Å². The van der Waals surface area contributed by atoms with Crippen LogP contribution in [0.1, 0.15) is 26.7 Å². The molecular weight excluding hydrogens is 200 g/mol. The molecule has 4 nitrogen and oxygen atoms in total. The van der Waals surface area contributed by atoms with Crippen molar-refractivity contribution < 1.29 is 0 Å². The minimum atomic E-state index is 0.640. The lowest BCUT2D eigenvalue weighted by Crippen LogP contribution is -2.27. The third-order valence-corrected chi connectivity index (χ3v) is 2.98. The molecule has 0 radical (unpaired) electrons. The standard InChI is InChI=1S/C12H24N4/c1-11(2)15(4)8-5-6-9-16-10-7-14-12(16)13-3/h7,10-11H,5-6,8-9H2,1-4H3,(H,13,14). The van der Waals surface area contributed by atoms with Crippen LogP contribution in [0.3, 0.4) is 0 Å². The average molecular weight is 224 g/mol. The number of hydrogen-bond donors (Lipinski definition) is 1. The van der Waals surface area contributed by atoms with Crippen LogP contribution in [-0.2, 0) is 6.54 Å². The largest absolute Gasteiger partial charge is 0.359 e. The lowest BCUT2D eigenvalue weighted by atomic mass is 10.2. The summed E-state index contributed by atoms with van der Waals surface area (Å²) in [5.74, 6) is 0.956. The second kappa shape index (κ2) is 6.53. The van der Waals surface area contributed by atoms with E-state index in [-0.39, 0.29) is 0 Å². The van der Waals surface area contributed by atoms with Crippen LogP contribution in [0.15, 0.2) is 12.4 Å². The fourth-order valence-electron chi connectivity index (χ4n) is 1.62. The maximum absolute atomic E-state index is 4.22. The molecule has 0 saturated heterocycles. The molecule has 16 heavy (non-hydrogen) atoms. The van der Waals surface area contributed by atoms with Gasteiger partial charge >= 0.3 is 0 Å². The van der Waals surface area contributed by atoms with Crippen molar-refractivity contribution in [3.63, 3.8) is 0 Å². The van der Waals surface area contributed by atoms with Gasteiger partial charge in [0.05, 0.1) is 0 Å². The van der Waals surface area contributed by atoms with Gasteiger partial charge in [0.25, 0.3) is 0 Å². The van der Waals surface area contributed by atoms with Crippen LogP contribution in [-0.4, -0.2) is 41.1 Å². The molecule has 1 rings (SSSR count). The smallest absolute Gasteiger partial charge is 0.202 e. The summed E-state index contributed by atoms with van der Waals surface area (Å²) < 4.78 is 2.16. The first-order chi connectivity index (χ1) is 7.65. The molecule has 0 bridgehead atoms. The molecule has 92 valence electrons. The van der Waals surface area contributed by atoms with E-state index in [2.05, 4.69) is 40.7 Å². The number of imidazole rings is 1. The normalized spacial score (nSPS) is 11.4. The lowest BCUT2D eigenvalue weighted by Gasteiger charge is -2.20. The van der Waals surface area contributed by atoms with Gasteiger partial charge in [0.15, 0.2) is 0 Å². The Hall–Kier alpha value is -1.03. The summed E-state index contributed by atoms with van der Waals surface area (Å²) in [6, 6.07) is 0.640. The Labute approximate surface area is 98.7 Å². The quantitative estimate of drug-likeness (QED) is 0.720. The van der Waals surface area contributed by atoms with Crippen molar-refractivity contribution in [2.24, 2.45) is 0 Å². The van der Waals surface area contributed by atoms with Gasteiger partial charge in [-0.3, -0.25) is 0 Å². The SMILES string of the molecule is CNc1nccn1CCCCN(C)C(C)C. The lowest BCUT2D eigenvalue weighted by molar-refractivity contribution is 0.266. The van der Waals surface area contributed by atoms with Crippen molar-refractivity contribution in [3.8, 4) is 0 Å². The second-order valence-electron chi connectivity index (χ2n) is 4.48. The molecule has 1 aromatic heterocycles. The molecule has 0 aliphatic heterocycles. The van der Waals surface area contributed by atoms with Crippen molar-refractivity contribution in [1.29, 1.82) is 0 Å². The summed E-state index contributed by atoms with van der Waals surface area (Å²) in [6.45, 7) is 6.67. The minimum Gasteiger partial charge on any atom is -0.359 e. The van der Waals surface area contributed by atoms with Gasteiger partial charge in [-0.05, 0) is 40.3 Å². The molecular formula is C12H24N4. The number of aryl methyl sites for hydroxylation is 1. The highest BCUT2D eigenvalue weighted by Gasteiger charge is 2.03. The molecule has 4 heteroatoms. The van der Waals surface area contributed by atoms with E-state index in [0.29, 0.717) is 6.04 Å². The Morgan fingerprint density at radius 2 is 2.19 bits per heavy atom. The van der Waals surface area contributed by atoms with Gasteiger partial charge in [0.1, 0.15) is 0 Å². The molecule has 0 saturated carbocycles. The van der Waals surface area contributed by atoms with E-state index in [0.717, 1.165) is 12.5 Å². The van der Waals surface area contributed by atoms with Gasteiger partial charge in [-0.2, -0.15) is 0 Å². The van der Waals surface area contributed by atoms with Crippen molar-refractivity contribution in [2.45, 2.75) is 39.3 Å². The van der Waals surface area contributed by atoms with Gasteiger partial charge in [-0.15, -0.1) is 0 Å². The van der Waals surface area contributed by atoms with Crippen LogP contribution in [0, 0.1) is 0 Å². The van der Waals surface area contributed by atoms with Crippen LogP contribution in [0.4, 0.5) is 5.95 Å². The van der Waals surface area contributed by atoms with Gasteiger partial charge in [0.2, 0.25) is 5.95 Å². The third-order valence-electron chi connectivity index (χ3n) is 2.98. The Kier molecular flexibility index (Phi) is 5.32. The van der Waals surface area contributed by atoms with Crippen molar-refractivity contribution in [1.82, 2.24) is 14.5 Å². The van der Waals surface area contributed by atoms with Gasteiger partial charge in [0, 0.05) is 32.0 Å². The van der Waals surface area contributed by atoms with E-state index >= 15 is 0 Å². The fourth-order valence-corrected chi connectivity index (χ4v) is 1.62. The number of nitrogens with zero attached hydrogens (tertiary/aromatic N) is 3. The Morgan fingerprint density at radius 1 is 1.44 bits per heavy atom. The Balaban J connectivity index is 2.21. The van der Waals surface area contributed by atoms with Gasteiger partial charge in [-0.25, -0.2) is 4.98 Å². The zero-order valence-electron chi connectivity index (χ0n) is 10.9. The fraction of sp³-hybridized carbons (Fsp3) is 0.750.